The molecule has 2 aromatic heterocycles. The molecule has 4 rings (SSSR count). The number of thiazole rings is 1. The van der Waals surface area contributed by atoms with Gasteiger partial charge in [0.2, 0.25) is 0 Å². The van der Waals surface area contributed by atoms with E-state index in [1.807, 2.05) is 18.2 Å². The summed E-state index contributed by atoms with van der Waals surface area (Å²) in [5, 5.41) is 5.77. The zero-order valence-corrected chi connectivity index (χ0v) is 13.1. The van der Waals surface area contributed by atoms with Gasteiger partial charge < -0.3 is 4.42 Å². The van der Waals surface area contributed by atoms with Crippen molar-refractivity contribution in [3.8, 4) is 11.3 Å². The van der Waals surface area contributed by atoms with Gasteiger partial charge in [-0.15, -0.1) is 11.3 Å². The van der Waals surface area contributed by atoms with Crippen molar-refractivity contribution in [1.29, 1.82) is 0 Å². The largest absolute Gasteiger partial charge is 0.451 e. The maximum absolute atomic E-state index is 13.3. The molecule has 0 aliphatic carbocycles. The van der Waals surface area contributed by atoms with Gasteiger partial charge in [-0.2, -0.15) is 0 Å². The second kappa shape index (κ2) is 5.90. The van der Waals surface area contributed by atoms with E-state index in [4.69, 9.17) is 4.42 Å². The van der Waals surface area contributed by atoms with Crippen LogP contribution < -0.4 is 5.32 Å². The predicted molar refractivity (Wildman–Crippen MR) is 91.7 cm³/mol. The van der Waals surface area contributed by atoms with Gasteiger partial charge in [-0.05, 0) is 24.3 Å². The molecular weight excluding hydrogens is 327 g/mol. The maximum atomic E-state index is 13.3. The fourth-order valence-electron chi connectivity index (χ4n) is 2.36. The van der Waals surface area contributed by atoms with Crippen molar-refractivity contribution in [2.45, 2.75) is 0 Å². The Labute approximate surface area is 140 Å². The average molecular weight is 338 g/mol. The summed E-state index contributed by atoms with van der Waals surface area (Å²) in [5.41, 5.74) is 1.93. The second-order valence-corrected chi connectivity index (χ2v) is 6.01. The average Bonchev–Trinajstić information content (AvgIpc) is 3.21. The Morgan fingerprint density at radius 1 is 1.12 bits per heavy atom. The fourth-order valence-corrected chi connectivity index (χ4v) is 3.08. The number of hydrogen-bond acceptors (Lipinski definition) is 4. The van der Waals surface area contributed by atoms with Gasteiger partial charge >= 0.3 is 0 Å². The molecule has 24 heavy (non-hydrogen) atoms. The van der Waals surface area contributed by atoms with E-state index in [-0.39, 0.29) is 17.5 Å². The molecule has 0 saturated carbocycles. The lowest BCUT2D eigenvalue weighted by molar-refractivity contribution is 0.0998. The van der Waals surface area contributed by atoms with Gasteiger partial charge in [0.15, 0.2) is 10.9 Å². The highest BCUT2D eigenvalue weighted by Crippen LogP contribution is 2.26. The molecule has 0 aliphatic rings. The van der Waals surface area contributed by atoms with E-state index in [9.17, 15) is 9.18 Å². The van der Waals surface area contributed by atoms with Crippen molar-refractivity contribution in [3.63, 3.8) is 0 Å². The first-order valence-electron chi connectivity index (χ1n) is 7.20. The molecule has 1 amide bonds. The van der Waals surface area contributed by atoms with Crippen LogP contribution in [0.1, 0.15) is 10.6 Å². The Morgan fingerprint density at radius 3 is 2.83 bits per heavy atom. The lowest BCUT2D eigenvalue weighted by Crippen LogP contribution is -2.10. The summed E-state index contributed by atoms with van der Waals surface area (Å²) in [6.07, 6.45) is 0. The Hall–Kier alpha value is -2.99. The van der Waals surface area contributed by atoms with Gasteiger partial charge in [-0.25, -0.2) is 9.37 Å². The summed E-state index contributed by atoms with van der Waals surface area (Å²) >= 11 is 1.27. The molecule has 4 aromatic rings. The standard InChI is InChI=1S/C18H11FN2O2S/c19-13-6-3-5-11(8-13)14-10-24-18(20-14)21-17(22)16-9-12-4-1-2-7-15(12)23-16/h1-10H,(H,20,21,22). The number of nitrogens with zero attached hydrogens (tertiary/aromatic N) is 1. The highest BCUT2D eigenvalue weighted by Gasteiger charge is 2.14. The normalized spacial score (nSPS) is 10.9. The number of aromatic nitrogens is 1. The summed E-state index contributed by atoms with van der Waals surface area (Å²) < 4.78 is 18.8. The van der Waals surface area contributed by atoms with Crippen LogP contribution in [0.4, 0.5) is 9.52 Å². The molecule has 1 N–H and O–H groups in total. The topological polar surface area (TPSA) is 55.1 Å². The number of carbonyl (C=O) groups excluding carboxylic acids is 1. The number of furan rings is 1. The first-order chi connectivity index (χ1) is 11.7. The van der Waals surface area contributed by atoms with E-state index in [0.717, 1.165) is 5.39 Å². The number of halogens is 1. The molecule has 118 valence electrons. The third-order valence-corrected chi connectivity index (χ3v) is 4.25. The molecule has 0 unspecified atom stereocenters. The molecule has 2 heterocycles. The Morgan fingerprint density at radius 2 is 2.00 bits per heavy atom. The van der Waals surface area contributed by atoms with Crippen molar-refractivity contribution in [2.24, 2.45) is 0 Å². The summed E-state index contributed by atoms with van der Waals surface area (Å²) in [7, 11) is 0. The van der Waals surface area contributed by atoms with Crippen LogP contribution in [0.5, 0.6) is 0 Å². The molecule has 0 fully saturated rings. The summed E-state index contributed by atoms with van der Waals surface area (Å²) in [4.78, 5) is 16.6. The van der Waals surface area contributed by atoms with E-state index in [2.05, 4.69) is 10.3 Å². The number of fused-ring (bicyclic) bond motifs is 1. The molecule has 0 atom stereocenters. The highest BCUT2D eigenvalue weighted by molar-refractivity contribution is 7.14. The first-order valence-corrected chi connectivity index (χ1v) is 8.08. The van der Waals surface area contributed by atoms with Crippen molar-refractivity contribution >= 4 is 33.3 Å². The van der Waals surface area contributed by atoms with Gasteiger partial charge in [0.05, 0.1) is 5.69 Å². The van der Waals surface area contributed by atoms with Crippen molar-refractivity contribution < 1.29 is 13.6 Å². The first kappa shape index (κ1) is 14.6. The molecular formula is C18H11FN2O2S. The third-order valence-electron chi connectivity index (χ3n) is 3.49. The fraction of sp³-hybridized carbons (Fsp3) is 0. The lowest BCUT2D eigenvalue weighted by atomic mass is 10.2. The Balaban J connectivity index is 1.56. The van der Waals surface area contributed by atoms with E-state index in [1.54, 1.807) is 29.6 Å². The van der Waals surface area contributed by atoms with Crippen LogP contribution in [0, 0.1) is 5.82 Å². The molecule has 4 nitrogen and oxygen atoms in total. The van der Waals surface area contributed by atoms with Crippen LogP contribution in [0.2, 0.25) is 0 Å². The maximum Gasteiger partial charge on any atom is 0.293 e. The summed E-state index contributed by atoms with van der Waals surface area (Å²) in [6, 6.07) is 15.3. The number of benzene rings is 2. The lowest BCUT2D eigenvalue weighted by Gasteiger charge is -1.98. The van der Waals surface area contributed by atoms with Gasteiger partial charge in [0.25, 0.3) is 5.91 Å². The molecule has 0 radical (unpaired) electrons. The van der Waals surface area contributed by atoms with E-state index >= 15 is 0 Å². The number of hydrogen-bond donors (Lipinski definition) is 1. The predicted octanol–water partition coefficient (Wildman–Crippen LogP) is 4.95. The molecule has 6 heteroatoms. The molecule has 0 spiro atoms. The van der Waals surface area contributed by atoms with Crippen LogP contribution in [0.3, 0.4) is 0 Å². The minimum Gasteiger partial charge on any atom is -0.451 e. The minimum absolute atomic E-state index is 0.221. The number of nitrogens with one attached hydrogen (secondary N) is 1. The SMILES string of the molecule is O=C(Nc1nc(-c2cccc(F)c2)cs1)c1cc2ccccc2o1. The highest BCUT2D eigenvalue weighted by atomic mass is 32.1. The van der Waals surface area contributed by atoms with E-state index in [0.29, 0.717) is 22.0 Å². The quantitative estimate of drug-likeness (QED) is 0.575. The van der Waals surface area contributed by atoms with Crippen LogP contribution in [0.15, 0.2) is 64.4 Å². The number of para-hydroxylation sites is 1. The van der Waals surface area contributed by atoms with E-state index in [1.165, 1.54) is 23.5 Å². The Kier molecular flexibility index (Phi) is 3.59. The van der Waals surface area contributed by atoms with E-state index < -0.39 is 0 Å². The zero-order valence-electron chi connectivity index (χ0n) is 12.3. The van der Waals surface area contributed by atoms with Crippen LogP contribution >= 0.6 is 11.3 Å². The van der Waals surface area contributed by atoms with Crippen molar-refractivity contribution in [3.05, 3.63) is 71.6 Å². The molecule has 0 aliphatic heterocycles. The smallest absolute Gasteiger partial charge is 0.293 e. The zero-order chi connectivity index (χ0) is 16.5. The van der Waals surface area contributed by atoms with Crippen LogP contribution in [-0.4, -0.2) is 10.9 Å². The van der Waals surface area contributed by atoms with Crippen molar-refractivity contribution in [1.82, 2.24) is 4.98 Å². The number of carbonyl (C=O) groups is 1. The van der Waals surface area contributed by atoms with Crippen molar-refractivity contribution in [2.75, 3.05) is 5.32 Å². The van der Waals surface area contributed by atoms with Gasteiger partial charge in [-0.1, -0.05) is 30.3 Å². The molecule has 0 saturated heterocycles. The number of amides is 1. The molecule has 0 bridgehead atoms. The van der Waals surface area contributed by atoms with Gasteiger partial charge in [0, 0.05) is 16.3 Å². The van der Waals surface area contributed by atoms with Gasteiger partial charge in [-0.3, -0.25) is 10.1 Å². The molecule has 2 aromatic carbocycles. The minimum atomic E-state index is -0.369. The Bertz CT molecular complexity index is 1010. The monoisotopic (exact) mass is 338 g/mol. The number of anilines is 1. The van der Waals surface area contributed by atoms with Crippen LogP contribution in [0.25, 0.3) is 22.2 Å². The summed E-state index contributed by atoms with van der Waals surface area (Å²) in [5.74, 6) is -0.474. The third kappa shape index (κ3) is 2.79. The second-order valence-electron chi connectivity index (χ2n) is 5.15. The summed E-state index contributed by atoms with van der Waals surface area (Å²) in [6.45, 7) is 0. The van der Waals surface area contributed by atoms with Gasteiger partial charge in [0.1, 0.15) is 11.4 Å². The van der Waals surface area contributed by atoms with Crippen LogP contribution in [-0.2, 0) is 0 Å². The number of rotatable bonds is 3.